The minimum absolute atomic E-state index is 0.138. The molecule has 4 nitrogen and oxygen atoms in total. The van der Waals surface area contributed by atoms with Crippen molar-refractivity contribution in [1.29, 1.82) is 5.26 Å². The van der Waals surface area contributed by atoms with E-state index in [2.05, 4.69) is 27.3 Å². The van der Waals surface area contributed by atoms with Crippen molar-refractivity contribution in [3.63, 3.8) is 0 Å². The summed E-state index contributed by atoms with van der Waals surface area (Å²) in [6, 6.07) is 17.1. The van der Waals surface area contributed by atoms with E-state index in [1.54, 1.807) is 18.7 Å². The van der Waals surface area contributed by atoms with Gasteiger partial charge in [-0.2, -0.15) is 17.0 Å². The predicted octanol–water partition coefficient (Wildman–Crippen LogP) is 4.14. The average Bonchev–Trinajstić information content (AvgIpc) is 2.63. The van der Waals surface area contributed by atoms with Crippen molar-refractivity contribution >= 4 is 33.6 Å². The molecule has 1 N–H and O–H groups in total. The molecule has 130 valence electrons. The van der Waals surface area contributed by atoms with Gasteiger partial charge in [-0.05, 0) is 42.8 Å². The van der Waals surface area contributed by atoms with Crippen LogP contribution in [0.1, 0.15) is 18.1 Å². The quantitative estimate of drug-likeness (QED) is 0.654. The standard InChI is InChI=1S/C19H19BrN2O2S/c1-14(24-18-8-6-17(20)7-9-18)19(23)22-10-11-25-13-16-5-3-2-4-15(16)12-21/h2-9,14H,10-11,13H2,1H3,(H,22,23). The lowest BCUT2D eigenvalue weighted by atomic mass is 10.1. The van der Waals surface area contributed by atoms with Crippen molar-refractivity contribution < 1.29 is 9.53 Å². The topological polar surface area (TPSA) is 62.1 Å². The van der Waals surface area contributed by atoms with Crippen LogP contribution in [0.4, 0.5) is 0 Å². The lowest BCUT2D eigenvalue weighted by molar-refractivity contribution is -0.127. The molecule has 1 atom stereocenters. The van der Waals surface area contributed by atoms with Crippen LogP contribution in [0.25, 0.3) is 0 Å². The van der Waals surface area contributed by atoms with Crippen molar-refractivity contribution in [2.24, 2.45) is 0 Å². The molecule has 0 heterocycles. The third-order valence-electron chi connectivity index (χ3n) is 3.44. The Morgan fingerprint density at radius 2 is 2.00 bits per heavy atom. The van der Waals surface area contributed by atoms with Crippen LogP contribution < -0.4 is 10.1 Å². The predicted molar refractivity (Wildman–Crippen MR) is 105 cm³/mol. The van der Waals surface area contributed by atoms with Crippen LogP contribution in [0.5, 0.6) is 5.75 Å². The van der Waals surface area contributed by atoms with Crippen LogP contribution in [0, 0.1) is 11.3 Å². The maximum Gasteiger partial charge on any atom is 0.260 e. The summed E-state index contributed by atoms with van der Waals surface area (Å²) < 4.78 is 6.58. The molecule has 2 aromatic rings. The second kappa shape index (κ2) is 10.1. The van der Waals surface area contributed by atoms with Gasteiger partial charge in [-0.25, -0.2) is 0 Å². The first-order chi connectivity index (χ1) is 12.1. The normalized spacial score (nSPS) is 11.4. The van der Waals surface area contributed by atoms with Gasteiger partial charge >= 0.3 is 0 Å². The molecule has 0 aliphatic carbocycles. The largest absolute Gasteiger partial charge is 0.481 e. The summed E-state index contributed by atoms with van der Waals surface area (Å²) in [4.78, 5) is 12.1. The summed E-state index contributed by atoms with van der Waals surface area (Å²) >= 11 is 5.04. The molecule has 2 rings (SSSR count). The Morgan fingerprint density at radius 1 is 1.28 bits per heavy atom. The fourth-order valence-electron chi connectivity index (χ4n) is 2.10. The fraction of sp³-hybridized carbons (Fsp3) is 0.263. The van der Waals surface area contributed by atoms with Gasteiger partial charge in [0, 0.05) is 22.5 Å². The molecular weight excluding hydrogens is 400 g/mol. The van der Waals surface area contributed by atoms with E-state index in [1.807, 2.05) is 48.5 Å². The van der Waals surface area contributed by atoms with E-state index in [9.17, 15) is 4.79 Å². The highest BCUT2D eigenvalue weighted by Crippen LogP contribution is 2.17. The number of carbonyl (C=O) groups excluding carboxylic acids is 1. The number of rotatable bonds is 8. The molecular formula is C19H19BrN2O2S. The van der Waals surface area contributed by atoms with Crippen molar-refractivity contribution in [3.05, 3.63) is 64.1 Å². The minimum Gasteiger partial charge on any atom is -0.481 e. The maximum atomic E-state index is 12.1. The molecule has 25 heavy (non-hydrogen) atoms. The molecule has 0 fully saturated rings. The van der Waals surface area contributed by atoms with E-state index in [-0.39, 0.29) is 5.91 Å². The first-order valence-electron chi connectivity index (χ1n) is 7.86. The van der Waals surface area contributed by atoms with Gasteiger partial charge in [0.2, 0.25) is 0 Å². The Kier molecular flexibility index (Phi) is 7.83. The van der Waals surface area contributed by atoms with E-state index in [4.69, 9.17) is 10.00 Å². The van der Waals surface area contributed by atoms with E-state index in [0.29, 0.717) is 17.9 Å². The number of nitrogens with one attached hydrogen (secondary N) is 1. The smallest absolute Gasteiger partial charge is 0.260 e. The third-order valence-corrected chi connectivity index (χ3v) is 4.97. The monoisotopic (exact) mass is 418 g/mol. The van der Waals surface area contributed by atoms with Crippen molar-refractivity contribution in [2.45, 2.75) is 18.8 Å². The summed E-state index contributed by atoms with van der Waals surface area (Å²) in [6.45, 7) is 2.29. The Bertz CT molecular complexity index is 744. The van der Waals surface area contributed by atoms with Crippen molar-refractivity contribution in [2.75, 3.05) is 12.3 Å². The number of carbonyl (C=O) groups is 1. The lowest BCUT2D eigenvalue weighted by Gasteiger charge is -2.14. The van der Waals surface area contributed by atoms with E-state index in [1.165, 1.54) is 0 Å². The maximum absolute atomic E-state index is 12.1. The fourth-order valence-corrected chi connectivity index (χ4v) is 3.23. The highest BCUT2D eigenvalue weighted by Gasteiger charge is 2.13. The molecule has 0 saturated carbocycles. The zero-order valence-electron chi connectivity index (χ0n) is 13.9. The number of ether oxygens (including phenoxy) is 1. The zero-order chi connectivity index (χ0) is 18.1. The number of halogens is 1. The molecule has 1 amide bonds. The Hall–Kier alpha value is -1.97. The average molecular weight is 419 g/mol. The van der Waals surface area contributed by atoms with Gasteiger partial charge in [0.15, 0.2) is 6.10 Å². The molecule has 0 bridgehead atoms. The summed E-state index contributed by atoms with van der Waals surface area (Å²) in [5.74, 6) is 2.05. The van der Waals surface area contributed by atoms with E-state index in [0.717, 1.165) is 21.5 Å². The van der Waals surface area contributed by atoms with Gasteiger partial charge in [-0.15, -0.1) is 0 Å². The number of thioether (sulfide) groups is 1. The van der Waals surface area contributed by atoms with Crippen LogP contribution in [0.3, 0.4) is 0 Å². The molecule has 2 aromatic carbocycles. The van der Waals surface area contributed by atoms with E-state index < -0.39 is 6.10 Å². The number of benzene rings is 2. The molecule has 0 saturated heterocycles. The highest BCUT2D eigenvalue weighted by atomic mass is 79.9. The molecule has 0 aliphatic heterocycles. The lowest BCUT2D eigenvalue weighted by Crippen LogP contribution is -2.37. The van der Waals surface area contributed by atoms with Gasteiger partial charge in [-0.1, -0.05) is 34.1 Å². The summed E-state index contributed by atoms with van der Waals surface area (Å²) in [6.07, 6.45) is -0.550. The Balaban J connectivity index is 1.68. The third kappa shape index (κ3) is 6.45. The van der Waals surface area contributed by atoms with Crippen LogP contribution in [0.15, 0.2) is 53.0 Å². The van der Waals surface area contributed by atoms with Crippen LogP contribution in [-0.2, 0) is 10.5 Å². The number of hydrogen-bond donors (Lipinski definition) is 1. The molecule has 0 aromatic heterocycles. The Labute approximate surface area is 160 Å². The first-order valence-corrected chi connectivity index (χ1v) is 9.80. The Morgan fingerprint density at radius 3 is 2.72 bits per heavy atom. The van der Waals surface area contributed by atoms with Gasteiger partial charge in [0.25, 0.3) is 5.91 Å². The van der Waals surface area contributed by atoms with Crippen LogP contribution in [-0.4, -0.2) is 24.3 Å². The molecule has 1 unspecified atom stereocenters. The molecule has 0 aliphatic rings. The van der Waals surface area contributed by atoms with E-state index >= 15 is 0 Å². The van der Waals surface area contributed by atoms with Crippen molar-refractivity contribution in [1.82, 2.24) is 5.32 Å². The number of nitrogens with zero attached hydrogens (tertiary/aromatic N) is 1. The summed E-state index contributed by atoms with van der Waals surface area (Å²) in [5.41, 5.74) is 1.73. The highest BCUT2D eigenvalue weighted by molar-refractivity contribution is 9.10. The number of amides is 1. The second-order valence-electron chi connectivity index (χ2n) is 5.33. The van der Waals surface area contributed by atoms with Crippen LogP contribution >= 0.6 is 27.7 Å². The first kappa shape index (κ1) is 19.4. The summed E-state index contributed by atoms with van der Waals surface area (Å²) in [7, 11) is 0. The van der Waals surface area contributed by atoms with Gasteiger partial charge in [0.05, 0.1) is 11.6 Å². The second-order valence-corrected chi connectivity index (χ2v) is 7.35. The number of hydrogen-bond acceptors (Lipinski definition) is 4. The number of nitriles is 1. The molecule has 0 radical (unpaired) electrons. The van der Waals surface area contributed by atoms with Crippen molar-refractivity contribution in [3.8, 4) is 11.8 Å². The SMILES string of the molecule is CC(Oc1ccc(Br)cc1)C(=O)NCCSCc1ccccc1C#N. The summed E-state index contributed by atoms with van der Waals surface area (Å²) in [5, 5.41) is 11.9. The molecule has 0 spiro atoms. The minimum atomic E-state index is -0.550. The van der Waals surface area contributed by atoms with Crippen LogP contribution in [0.2, 0.25) is 0 Å². The molecule has 6 heteroatoms. The zero-order valence-corrected chi connectivity index (χ0v) is 16.3. The van der Waals surface area contributed by atoms with Gasteiger partial charge < -0.3 is 10.1 Å². The van der Waals surface area contributed by atoms with Gasteiger partial charge in [0.1, 0.15) is 5.75 Å². The van der Waals surface area contributed by atoms with Gasteiger partial charge in [-0.3, -0.25) is 4.79 Å².